The number of unbranched alkanes of at least 4 members (excludes halogenated alkanes) is 1. The lowest BCUT2D eigenvalue weighted by Crippen LogP contribution is -2.02. The maximum absolute atomic E-state index is 4.47. The fourth-order valence-electron chi connectivity index (χ4n) is 1.08. The van der Waals surface area contributed by atoms with E-state index in [-0.39, 0.29) is 0 Å². The third kappa shape index (κ3) is 5.02. The molecule has 0 radical (unpaired) electrons. The van der Waals surface area contributed by atoms with Crippen LogP contribution in [0.3, 0.4) is 0 Å². The lowest BCUT2D eigenvalue weighted by molar-refractivity contribution is 0.893. The highest BCUT2D eigenvalue weighted by Crippen LogP contribution is 2.17. The van der Waals surface area contributed by atoms with E-state index in [1.54, 1.807) is 18.0 Å². The Kier molecular flexibility index (Phi) is 6.16. The van der Waals surface area contributed by atoms with Crippen molar-refractivity contribution in [1.29, 1.82) is 0 Å². The lowest BCUT2D eigenvalue weighted by atomic mass is 10.4. The second kappa shape index (κ2) is 7.51. The second-order valence-corrected chi connectivity index (χ2v) is 4.49. The molecule has 0 saturated carbocycles. The summed E-state index contributed by atoms with van der Waals surface area (Å²) in [5.74, 6) is 2.01. The first-order valence-electron chi connectivity index (χ1n) is 5.55. The number of rotatable bonds is 7. The lowest BCUT2D eigenvalue weighted by Gasteiger charge is -2.04. The van der Waals surface area contributed by atoms with Crippen LogP contribution in [0.5, 0.6) is 0 Å². The molecule has 0 amide bonds. The zero-order valence-corrected chi connectivity index (χ0v) is 10.3. The zero-order chi connectivity index (χ0) is 10.9. The summed E-state index contributed by atoms with van der Waals surface area (Å²) < 4.78 is 0. The van der Waals surface area contributed by atoms with Gasteiger partial charge < -0.3 is 5.32 Å². The zero-order valence-electron chi connectivity index (χ0n) is 9.49. The Morgan fingerprint density at radius 1 is 1.27 bits per heavy atom. The van der Waals surface area contributed by atoms with Crippen LogP contribution in [0.1, 0.15) is 33.1 Å². The molecule has 0 bridgehead atoms. The Hall–Kier alpha value is -0.770. The molecule has 0 atom stereocenters. The molecule has 15 heavy (non-hydrogen) atoms. The van der Waals surface area contributed by atoms with Crippen LogP contribution in [0.2, 0.25) is 0 Å². The van der Waals surface area contributed by atoms with Crippen molar-refractivity contribution in [3.63, 3.8) is 0 Å². The summed E-state index contributed by atoms with van der Waals surface area (Å²) in [6, 6.07) is 0. The quantitative estimate of drug-likeness (QED) is 0.571. The van der Waals surface area contributed by atoms with Crippen molar-refractivity contribution >= 4 is 17.6 Å². The number of nitrogens with zero attached hydrogens (tertiary/aromatic N) is 2. The highest BCUT2D eigenvalue weighted by molar-refractivity contribution is 7.99. The van der Waals surface area contributed by atoms with Crippen molar-refractivity contribution in [2.24, 2.45) is 0 Å². The van der Waals surface area contributed by atoms with E-state index in [2.05, 4.69) is 29.1 Å². The summed E-state index contributed by atoms with van der Waals surface area (Å²) in [5.41, 5.74) is 0. The summed E-state index contributed by atoms with van der Waals surface area (Å²) in [4.78, 5) is 8.64. The fourth-order valence-corrected chi connectivity index (χ4v) is 2.02. The van der Waals surface area contributed by atoms with Gasteiger partial charge in [-0.05, 0) is 18.6 Å². The number of aromatic nitrogens is 2. The van der Waals surface area contributed by atoms with Gasteiger partial charge in [-0.2, -0.15) is 0 Å². The van der Waals surface area contributed by atoms with E-state index in [4.69, 9.17) is 0 Å². The van der Waals surface area contributed by atoms with E-state index in [0.29, 0.717) is 0 Å². The van der Waals surface area contributed by atoms with Gasteiger partial charge in [-0.3, -0.25) is 4.98 Å². The van der Waals surface area contributed by atoms with Crippen molar-refractivity contribution in [3.8, 4) is 0 Å². The Labute approximate surface area is 96.1 Å². The minimum atomic E-state index is 0.887. The highest BCUT2D eigenvalue weighted by Gasteiger charge is 1.98. The van der Waals surface area contributed by atoms with Crippen LogP contribution in [0, 0.1) is 0 Å². The molecule has 0 saturated heterocycles. The summed E-state index contributed by atoms with van der Waals surface area (Å²) in [6.07, 6.45) is 7.18. The molecule has 0 aliphatic heterocycles. The first kappa shape index (κ1) is 12.3. The van der Waals surface area contributed by atoms with Crippen LogP contribution >= 0.6 is 11.8 Å². The molecule has 1 aromatic heterocycles. The van der Waals surface area contributed by atoms with Crippen molar-refractivity contribution in [3.05, 3.63) is 12.4 Å². The molecule has 0 unspecified atom stereocenters. The molecule has 0 aromatic carbocycles. The average Bonchev–Trinajstić information content (AvgIpc) is 2.27. The topological polar surface area (TPSA) is 37.8 Å². The van der Waals surface area contributed by atoms with Crippen molar-refractivity contribution in [1.82, 2.24) is 9.97 Å². The van der Waals surface area contributed by atoms with Gasteiger partial charge >= 0.3 is 0 Å². The monoisotopic (exact) mass is 225 g/mol. The van der Waals surface area contributed by atoms with E-state index in [9.17, 15) is 0 Å². The largest absolute Gasteiger partial charge is 0.369 e. The second-order valence-electron chi connectivity index (χ2n) is 3.37. The molecular formula is C11H19N3S. The molecule has 3 nitrogen and oxygen atoms in total. The van der Waals surface area contributed by atoms with Crippen LogP contribution < -0.4 is 5.32 Å². The van der Waals surface area contributed by atoms with Crippen molar-refractivity contribution in [2.75, 3.05) is 17.6 Å². The van der Waals surface area contributed by atoms with Gasteiger partial charge in [-0.25, -0.2) is 4.98 Å². The van der Waals surface area contributed by atoms with E-state index in [1.165, 1.54) is 12.8 Å². The Bertz CT molecular complexity index is 278. The normalized spacial score (nSPS) is 10.3. The maximum Gasteiger partial charge on any atom is 0.145 e. The standard InChI is InChI=1S/C11H19N3S/c1-3-5-7-15-11-9-12-8-10(14-11)13-6-4-2/h8-9H,3-7H2,1-2H3,(H,13,14). The van der Waals surface area contributed by atoms with Crippen LogP contribution in [-0.2, 0) is 0 Å². The molecule has 1 aromatic rings. The van der Waals surface area contributed by atoms with Gasteiger partial charge in [-0.1, -0.05) is 20.3 Å². The van der Waals surface area contributed by atoms with Gasteiger partial charge in [0.15, 0.2) is 0 Å². The number of nitrogens with one attached hydrogen (secondary N) is 1. The minimum Gasteiger partial charge on any atom is -0.369 e. The molecule has 84 valence electrons. The molecule has 0 aliphatic rings. The first-order chi connectivity index (χ1) is 7.36. The van der Waals surface area contributed by atoms with Gasteiger partial charge in [0.05, 0.1) is 12.4 Å². The molecule has 1 N–H and O–H groups in total. The smallest absolute Gasteiger partial charge is 0.145 e. The Morgan fingerprint density at radius 2 is 2.13 bits per heavy atom. The van der Waals surface area contributed by atoms with E-state index >= 15 is 0 Å². The van der Waals surface area contributed by atoms with E-state index in [1.807, 2.05) is 6.20 Å². The first-order valence-corrected chi connectivity index (χ1v) is 6.54. The Morgan fingerprint density at radius 3 is 2.87 bits per heavy atom. The van der Waals surface area contributed by atoms with Crippen molar-refractivity contribution < 1.29 is 0 Å². The molecule has 0 spiro atoms. The number of hydrogen-bond acceptors (Lipinski definition) is 4. The van der Waals surface area contributed by atoms with Gasteiger partial charge in [0.25, 0.3) is 0 Å². The predicted molar refractivity (Wildman–Crippen MR) is 66.4 cm³/mol. The SMILES string of the molecule is CCCCSc1cncc(NCCC)n1. The van der Waals surface area contributed by atoms with Crippen LogP contribution in [0.15, 0.2) is 17.4 Å². The molecule has 0 aliphatic carbocycles. The Balaban J connectivity index is 2.42. The van der Waals surface area contributed by atoms with Crippen LogP contribution in [0.4, 0.5) is 5.82 Å². The van der Waals surface area contributed by atoms with Gasteiger partial charge in [0.2, 0.25) is 0 Å². The van der Waals surface area contributed by atoms with Crippen molar-refractivity contribution in [2.45, 2.75) is 38.1 Å². The fraction of sp³-hybridized carbons (Fsp3) is 0.636. The van der Waals surface area contributed by atoms with Crippen LogP contribution in [0.25, 0.3) is 0 Å². The predicted octanol–water partition coefficient (Wildman–Crippen LogP) is 3.19. The summed E-state index contributed by atoms with van der Waals surface area (Å²) >= 11 is 1.78. The van der Waals surface area contributed by atoms with Crippen LogP contribution in [-0.4, -0.2) is 22.3 Å². The third-order valence-corrected chi connectivity index (χ3v) is 2.90. The highest BCUT2D eigenvalue weighted by atomic mass is 32.2. The molecule has 0 fully saturated rings. The van der Waals surface area contributed by atoms with Gasteiger partial charge in [0, 0.05) is 6.54 Å². The molecule has 4 heteroatoms. The number of thioether (sulfide) groups is 1. The third-order valence-electron chi connectivity index (χ3n) is 1.92. The van der Waals surface area contributed by atoms with Gasteiger partial charge in [0.1, 0.15) is 10.8 Å². The maximum atomic E-state index is 4.47. The van der Waals surface area contributed by atoms with E-state index in [0.717, 1.165) is 29.6 Å². The molecule has 1 rings (SSSR count). The van der Waals surface area contributed by atoms with E-state index < -0.39 is 0 Å². The minimum absolute atomic E-state index is 0.887. The van der Waals surface area contributed by atoms with Gasteiger partial charge in [-0.15, -0.1) is 11.8 Å². The molecule has 1 heterocycles. The average molecular weight is 225 g/mol. The number of anilines is 1. The summed E-state index contributed by atoms with van der Waals surface area (Å²) in [6.45, 7) is 5.30. The summed E-state index contributed by atoms with van der Waals surface area (Å²) in [5, 5.41) is 4.26. The summed E-state index contributed by atoms with van der Waals surface area (Å²) in [7, 11) is 0. The molecular weight excluding hydrogens is 206 g/mol. The number of hydrogen-bond donors (Lipinski definition) is 1.